The largest absolute Gasteiger partial charge is 0.457 e. The van der Waals surface area contributed by atoms with E-state index in [0.717, 1.165) is 32.8 Å². The molecule has 0 saturated heterocycles. The second kappa shape index (κ2) is 9.45. The molecule has 2 aromatic heterocycles. The second-order valence-corrected chi connectivity index (χ2v) is 9.00. The minimum atomic E-state index is -0.133. The van der Waals surface area contributed by atoms with Gasteiger partial charge in [0.1, 0.15) is 11.5 Å². The average molecular weight is 466 g/mol. The van der Waals surface area contributed by atoms with Crippen LogP contribution in [0.3, 0.4) is 0 Å². The van der Waals surface area contributed by atoms with Gasteiger partial charge < -0.3 is 4.74 Å². The van der Waals surface area contributed by atoms with Crippen molar-refractivity contribution in [2.24, 2.45) is 0 Å². The number of thiazole rings is 1. The molecule has 34 heavy (non-hydrogen) atoms. The minimum Gasteiger partial charge on any atom is -0.457 e. The molecule has 0 spiro atoms. The SMILES string of the molecule is Cc1ccc(C)c2sc(N(Cc3ccccn3)C(=O)c3ccc(Oc4ccccc4)cc3)nc12. The average Bonchev–Trinajstić information content (AvgIpc) is 3.33. The van der Waals surface area contributed by atoms with Crippen molar-refractivity contribution in [1.29, 1.82) is 0 Å². The summed E-state index contributed by atoms with van der Waals surface area (Å²) in [5.74, 6) is 1.29. The van der Waals surface area contributed by atoms with Crippen LogP contribution in [-0.2, 0) is 6.54 Å². The third kappa shape index (κ3) is 4.54. The number of benzene rings is 3. The van der Waals surface area contributed by atoms with Crippen molar-refractivity contribution in [3.05, 3.63) is 114 Å². The van der Waals surface area contributed by atoms with Crippen molar-refractivity contribution >= 4 is 32.6 Å². The van der Waals surface area contributed by atoms with Crippen LogP contribution in [0, 0.1) is 13.8 Å². The van der Waals surface area contributed by atoms with Crippen LogP contribution in [0.5, 0.6) is 11.5 Å². The first-order valence-corrected chi connectivity index (χ1v) is 11.8. The summed E-state index contributed by atoms with van der Waals surface area (Å²) in [6.07, 6.45) is 1.74. The molecule has 0 N–H and O–H groups in total. The van der Waals surface area contributed by atoms with E-state index in [9.17, 15) is 4.79 Å². The molecule has 0 atom stereocenters. The number of hydrogen-bond donors (Lipinski definition) is 0. The topological polar surface area (TPSA) is 55.3 Å². The van der Waals surface area contributed by atoms with Crippen LogP contribution in [-0.4, -0.2) is 15.9 Å². The Bertz CT molecular complexity index is 1390. The van der Waals surface area contributed by atoms with Gasteiger partial charge in [0.05, 0.1) is 22.5 Å². The maximum atomic E-state index is 13.7. The first-order chi connectivity index (χ1) is 16.6. The summed E-state index contributed by atoms with van der Waals surface area (Å²) >= 11 is 1.53. The molecule has 1 amide bonds. The number of carbonyl (C=O) groups excluding carboxylic acids is 1. The highest BCUT2D eigenvalue weighted by Crippen LogP contribution is 2.34. The number of nitrogens with zero attached hydrogens (tertiary/aromatic N) is 3. The molecule has 3 aromatic carbocycles. The van der Waals surface area contributed by atoms with Gasteiger partial charge in [0.15, 0.2) is 5.13 Å². The second-order valence-electron chi connectivity index (χ2n) is 8.03. The van der Waals surface area contributed by atoms with Crippen molar-refractivity contribution in [1.82, 2.24) is 9.97 Å². The van der Waals surface area contributed by atoms with Gasteiger partial charge in [0.25, 0.3) is 5.91 Å². The van der Waals surface area contributed by atoms with Crippen LogP contribution in [0.2, 0.25) is 0 Å². The first-order valence-electron chi connectivity index (χ1n) is 11.0. The molecule has 5 rings (SSSR count). The number of rotatable bonds is 6. The van der Waals surface area contributed by atoms with E-state index in [1.54, 1.807) is 23.2 Å². The van der Waals surface area contributed by atoms with Crippen molar-refractivity contribution < 1.29 is 9.53 Å². The zero-order chi connectivity index (χ0) is 23.5. The Balaban J connectivity index is 1.48. The lowest BCUT2D eigenvalue weighted by Crippen LogP contribution is -2.30. The molecule has 0 aliphatic heterocycles. The Morgan fingerprint density at radius 3 is 2.26 bits per heavy atom. The number of pyridine rings is 1. The standard InChI is InChI=1S/C28H23N3O2S/c1-19-11-12-20(2)26-25(19)30-28(34-26)31(18-22-8-6-7-17-29-22)27(32)21-13-15-24(16-14-21)33-23-9-4-3-5-10-23/h3-17H,18H2,1-2H3. The first kappa shape index (κ1) is 21.8. The lowest BCUT2D eigenvalue weighted by atomic mass is 10.1. The summed E-state index contributed by atoms with van der Waals surface area (Å²) in [5, 5.41) is 0.660. The molecular weight excluding hydrogens is 442 g/mol. The fourth-order valence-electron chi connectivity index (χ4n) is 3.69. The quantitative estimate of drug-likeness (QED) is 0.272. The number of anilines is 1. The van der Waals surface area contributed by atoms with E-state index in [-0.39, 0.29) is 5.91 Å². The molecule has 0 aliphatic carbocycles. The van der Waals surface area contributed by atoms with Gasteiger partial charge in [-0.05, 0) is 73.5 Å². The monoisotopic (exact) mass is 465 g/mol. The van der Waals surface area contributed by atoms with Crippen molar-refractivity contribution in [2.45, 2.75) is 20.4 Å². The zero-order valence-corrected chi connectivity index (χ0v) is 19.8. The highest BCUT2D eigenvalue weighted by atomic mass is 32.1. The van der Waals surface area contributed by atoms with Crippen LogP contribution < -0.4 is 9.64 Å². The number of para-hydroxylation sites is 1. The van der Waals surface area contributed by atoms with Crippen LogP contribution >= 0.6 is 11.3 Å². The number of aryl methyl sites for hydroxylation is 2. The minimum absolute atomic E-state index is 0.133. The molecule has 0 radical (unpaired) electrons. The molecule has 0 saturated carbocycles. The molecule has 2 heterocycles. The lowest BCUT2D eigenvalue weighted by Gasteiger charge is -2.20. The Kier molecular flexibility index (Phi) is 6.06. The molecule has 6 heteroatoms. The number of hydrogen-bond acceptors (Lipinski definition) is 5. The van der Waals surface area contributed by atoms with E-state index >= 15 is 0 Å². The van der Waals surface area contributed by atoms with Gasteiger partial charge in [-0.3, -0.25) is 14.7 Å². The van der Waals surface area contributed by atoms with Gasteiger partial charge in [-0.15, -0.1) is 0 Å². The molecular formula is C28H23N3O2S. The summed E-state index contributed by atoms with van der Waals surface area (Å²) in [6.45, 7) is 4.45. The summed E-state index contributed by atoms with van der Waals surface area (Å²) in [5.41, 5.74) is 4.54. The van der Waals surface area contributed by atoms with E-state index < -0.39 is 0 Å². The number of aromatic nitrogens is 2. The summed E-state index contributed by atoms with van der Waals surface area (Å²) in [6, 6.07) is 26.6. The van der Waals surface area contributed by atoms with Crippen molar-refractivity contribution in [2.75, 3.05) is 4.90 Å². The van der Waals surface area contributed by atoms with Gasteiger partial charge >= 0.3 is 0 Å². The normalized spacial score (nSPS) is 10.9. The molecule has 5 nitrogen and oxygen atoms in total. The van der Waals surface area contributed by atoms with Crippen LogP contribution in [0.1, 0.15) is 27.2 Å². The van der Waals surface area contributed by atoms with Crippen molar-refractivity contribution in [3.63, 3.8) is 0 Å². The van der Waals surface area contributed by atoms with Gasteiger partial charge in [-0.2, -0.15) is 0 Å². The maximum Gasteiger partial charge on any atom is 0.260 e. The number of ether oxygens (including phenoxy) is 1. The Labute approximate surface area is 202 Å². The summed E-state index contributed by atoms with van der Waals surface area (Å²) < 4.78 is 6.97. The fourth-order valence-corrected chi connectivity index (χ4v) is 4.80. The number of amides is 1. The molecule has 5 aromatic rings. The van der Waals surface area contributed by atoms with Crippen LogP contribution in [0.4, 0.5) is 5.13 Å². The Hall–Kier alpha value is -4.03. The Morgan fingerprint density at radius 2 is 1.56 bits per heavy atom. The molecule has 0 bridgehead atoms. The van der Waals surface area contributed by atoms with E-state index in [4.69, 9.17) is 9.72 Å². The van der Waals surface area contributed by atoms with E-state index in [2.05, 4.69) is 24.0 Å². The van der Waals surface area contributed by atoms with Crippen LogP contribution in [0.25, 0.3) is 10.2 Å². The van der Waals surface area contributed by atoms with E-state index in [1.807, 2.05) is 67.6 Å². The predicted octanol–water partition coefficient (Wildman–Crippen LogP) is 6.95. The number of carbonyl (C=O) groups is 1. The van der Waals surface area contributed by atoms with Gasteiger partial charge in [0, 0.05) is 11.8 Å². The van der Waals surface area contributed by atoms with Gasteiger partial charge in [-0.1, -0.05) is 47.7 Å². The fraction of sp³-hybridized carbons (Fsp3) is 0.107. The summed E-state index contributed by atoms with van der Waals surface area (Å²) in [7, 11) is 0. The highest BCUT2D eigenvalue weighted by Gasteiger charge is 2.23. The molecule has 0 aliphatic rings. The van der Waals surface area contributed by atoms with Gasteiger partial charge in [0.2, 0.25) is 0 Å². The van der Waals surface area contributed by atoms with Crippen LogP contribution in [0.15, 0.2) is 91.1 Å². The molecule has 168 valence electrons. The molecule has 0 unspecified atom stereocenters. The van der Waals surface area contributed by atoms with Crippen molar-refractivity contribution in [3.8, 4) is 11.5 Å². The third-order valence-electron chi connectivity index (χ3n) is 5.53. The third-order valence-corrected chi connectivity index (χ3v) is 6.75. The highest BCUT2D eigenvalue weighted by molar-refractivity contribution is 7.22. The van der Waals surface area contributed by atoms with E-state index in [1.165, 1.54) is 11.3 Å². The predicted molar refractivity (Wildman–Crippen MR) is 137 cm³/mol. The smallest absolute Gasteiger partial charge is 0.260 e. The number of fused-ring (bicyclic) bond motifs is 1. The van der Waals surface area contributed by atoms with Gasteiger partial charge in [-0.25, -0.2) is 4.98 Å². The Morgan fingerprint density at radius 1 is 0.853 bits per heavy atom. The maximum absolute atomic E-state index is 13.7. The lowest BCUT2D eigenvalue weighted by molar-refractivity contribution is 0.0985. The molecule has 0 fully saturated rings. The van der Waals surface area contributed by atoms with E-state index in [0.29, 0.717) is 23.0 Å². The summed E-state index contributed by atoms with van der Waals surface area (Å²) in [4.78, 5) is 24.7. The zero-order valence-electron chi connectivity index (χ0n) is 18.9.